The molecular weight excluding hydrogens is 398 g/mol. The predicted octanol–water partition coefficient (Wildman–Crippen LogP) is 2.77. The van der Waals surface area contributed by atoms with Gasteiger partial charge >= 0.3 is 5.97 Å². The molecule has 1 heterocycles. The van der Waals surface area contributed by atoms with Gasteiger partial charge < -0.3 is 15.4 Å². The third kappa shape index (κ3) is 5.24. The van der Waals surface area contributed by atoms with E-state index in [0.717, 1.165) is 12.8 Å². The summed E-state index contributed by atoms with van der Waals surface area (Å²) < 4.78 is 5.59. The summed E-state index contributed by atoms with van der Waals surface area (Å²) in [4.78, 5) is 52.1. The molecule has 8 heteroatoms. The highest BCUT2D eigenvalue weighted by atomic mass is 16.5. The van der Waals surface area contributed by atoms with Gasteiger partial charge in [-0.05, 0) is 52.7 Å². The Morgan fingerprint density at radius 3 is 2.48 bits per heavy atom. The summed E-state index contributed by atoms with van der Waals surface area (Å²) in [5, 5.41) is 5.63. The average molecular weight is 430 g/mol. The van der Waals surface area contributed by atoms with E-state index in [2.05, 4.69) is 10.6 Å². The smallest absolute Gasteiger partial charge is 0.313 e. The zero-order valence-electron chi connectivity index (χ0n) is 18.6. The molecule has 8 nitrogen and oxygen atoms in total. The van der Waals surface area contributed by atoms with Crippen LogP contribution in [0.5, 0.6) is 0 Å². The topological polar surface area (TPSA) is 105 Å². The lowest BCUT2D eigenvalue weighted by atomic mass is 9.82. The molecule has 3 rings (SSSR count). The number of esters is 1. The van der Waals surface area contributed by atoms with Gasteiger partial charge in [0.1, 0.15) is 6.54 Å². The van der Waals surface area contributed by atoms with Gasteiger partial charge in [0, 0.05) is 12.0 Å². The lowest BCUT2D eigenvalue weighted by molar-refractivity contribution is -0.165. The van der Waals surface area contributed by atoms with Crippen LogP contribution in [0.15, 0.2) is 24.3 Å². The van der Waals surface area contributed by atoms with Crippen LogP contribution in [0.25, 0.3) is 0 Å². The van der Waals surface area contributed by atoms with Gasteiger partial charge in [-0.25, -0.2) is 0 Å². The fraction of sp³-hybridized carbons (Fsp3) is 0.565. The van der Waals surface area contributed by atoms with Crippen molar-refractivity contribution >= 4 is 35.1 Å². The van der Waals surface area contributed by atoms with E-state index in [1.54, 1.807) is 24.3 Å². The highest BCUT2D eigenvalue weighted by Crippen LogP contribution is 2.43. The molecule has 31 heavy (non-hydrogen) atoms. The Balaban J connectivity index is 1.72. The molecule has 1 atom stereocenters. The molecule has 0 radical (unpaired) electrons. The number of benzene rings is 1. The molecule has 1 saturated carbocycles. The Bertz CT molecular complexity index is 883. The van der Waals surface area contributed by atoms with Crippen molar-refractivity contribution in [2.75, 3.05) is 16.8 Å². The van der Waals surface area contributed by atoms with Crippen molar-refractivity contribution in [2.45, 2.75) is 71.4 Å². The van der Waals surface area contributed by atoms with Crippen molar-refractivity contribution in [2.24, 2.45) is 5.41 Å². The predicted molar refractivity (Wildman–Crippen MR) is 116 cm³/mol. The second kappa shape index (κ2) is 8.69. The van der Waals surface area contributed by atoms with Gasteiger partial charge in [0.25, 0.3) is 5.91 Å². The molecule has 168 valence electrons. The number of hydrogen-bond acceptors (Lipinski definition) is 5. The van der Waals surface area contributed by atoms with Crippen LogP contribution in [0, 0.1) is 5.41 Å². The Morgan fingerprint density at radius 1 is 1.19 bits per heavy atom. The van der Waals surface area contributed by atoms with Crippen LogP contribution < -0.4 is 15.5 Å². The van der Waals surface area contributed by atoms with Gasteiger partial charge in [0.15, 0.2) is 6.10 Å². The maximum Gasteiger partial charge on any atom is 0.313 e. The zero-order chi connectivity index (χ0) is 22.8. The monoisotopic (exact) mass is 429 g/mol. The highest BCUT2D eigenvalue weighted by Gasteiger charge is 2.46. The minimum Gasteiger partial charge on any atom is -0.452 e. The number of hydrogen-bond donors (Lipinski definition) is 2. The van der Waals surface area contributed by atoms with E-state index < -0.39 is 28.9 Å². The molecule has 2 N–H and O–H groups in total. The Labute approximate surface area is 182 Å². The Hall–Kier alpha value is -2.90. The van der Waals surface area contributed by atoms with Crippen molar-refractivity contribution in [1.29, 1.82) is 0 Å². The van der Waals surface area contributed by atoms with E-state index in [4.69, 9.17) is 4.74 Å². The Morgan fingerprint density at radius 2 is 1.84 bits per heavy atom. The second-order valence-electron chi connectivity index (χ2n) is 9.50. The number of ether oxygens (including phenoxy) is 1. The zero-order valence-corrected chi connectivity index (χ0v) is 18.6. The summed E-state index contributed by atoms with van der Waals surface area (Å²) in [6.45, 7) is 7.03. The van der Waals surface area contributed by atoms with E-state index in [1.165, 1.54) is 11.8 Å². The lowest BCUT2D eigenvalue weighted by Crippen LogP contribution is -2.48. The van der Waals surface area contributed by atoms with Crippen molar-refractivity contribution in [3.63, 3.8) is 0 Å². The van der Waals surface area contributed by atoms with E-state index in [9.17, 15) is 19.2 Å². The van der Waals surface area contributed by atoms with E-state index in [1.807, 2.05) is 20.8 Å². The number of amides is 3. The summed E-state index contributed by atoms with van der Waals surface area (Å²) in [6.07, 6.45) is 1.74. The molecule has 2 aliphatic rings. The van der Waals surface area contributed by atoms with Crippen LogP contribution in [0.1, 0.15) is 59.8 Å². The lowest BCUT2D eigenvalue weighted by Gasteiger charge is -2.33. The minimum absolute atomic E-state index is 0.0406. The molecule has 0 spiro atoms. The molecule has 1 aliphatic heterocycles. The normalized spacial score (nSPS) is 18.6. The number of nitrogens with zero attached hydrogens (tertiary/aromatic N) is 1. The molecule has 1 aliphatic carbocycles. The van der Waals surface area contributed by atoms with Gasteiger partial charge in [-0.15, -0.1) is 0 Å². The minimum atomic E-state index is -1.07. The largest absolute Gasteiger partial charge is 0.452 e. The van der Waals surface area contributed by atoms with Crippen molar-refractivity contribution in [3.8, 4) is 0 Å². The quantitative estimate of drug-likeness (QED) is 0.701. The number of anilines is 2. The van der Waals surface area contributed by atoms with Gasteiger partial charge in [-0.2, -0.15) is 0 Å². The Kier molecular flexibility index (Phi) is 6.38. The summed E-state index contributed by atoms with van der Waals surface area (Å²) in [6, 6.07) is 6.98. The second-order valence-corrected chi connectivity index (χ2v) is 9.50. The fourth-order valence-electron chi connectivity index (χ4n) is 4.26. The van der Waals surface area contributed by atoms with Crippen LogP contribution in [-0.4, -0.2) is 41.9 Å². The van der Waals surface area contributed by atoms with Crippen LogP contribution in [0.2, 0.25) is 0 Å². The number of carbonyl (C=O) groups excluding carboxylic acids is 4. The number of para-hydroxylation sites is 2. The first kappa shape index (κ1) is 22.8. The van der Waals surface area contributed by atoms with Crippen LogP contribution >= 0.6 is 0 Å². The van der Waals surface area contributed by atoms with Gasteiger partial charge in [0.05, 0.1) is 16.8 Å². The van der Waals surface area contributed by atoms with E-state index >= 15 is 0 Å². The molecule has 1 aromatic rings. The molecule has 0 bridgehead atoms. The number of fused-ring (bicyclic) bond motifs is 1. The van der Waals surface area contributed by atoms with Gasteiger partial charge in [-0.1, -0.05) is 25.0 Å². The first-order valence-corrected chi connectivity index (χ1v) is 10.7. The molecule has 0 saturated heterocycles. The van der Waals surface area contributed by atoms with Crippen molar-refractivity contribution in [1.82, 2.24) is 5.32 Å². The summed E-state index contributed by atoms with van der Waals surface area (Å²) in [5.74, 6) is -1.50. The molecule has 1 aromatic carbocycles. The molecule has 3 amide bonds. The maximum atomic E-state index is 13.1. The molecule has 0 aromatic heterocycles. The fourth-order valence-corrected chi connectivity index (χ4v) is 4.26. The maximum absolute atomic E-state index is 13.1. The summed E-state index contributed by atoms with van der Waals surface area (Å²) >= 11 is 0. The van der Waals surface area contributed by atoms with Crippen molar-refractivity contribution < 1.29 is 23.9 Å². The standard InChI is InChI=1S/C23H31N3O5/c1-15(20(29)26-14-19(28)24-16-9-5-6-10-17(16)26)31-21(30)23(11-7-8-12-23)13-18(27)25-22(2,3)4/h5-6,9-10,15H,7-8,11-14H2,1-4H3,(H,24,28)(H,25,27). The number of rotatable bonds is 5. The van der Waals surface area contributed by atoms with Crippen molar-refractivity contribution in [3.05, 3.63) is 24.3 Å². The van der Waals surface area contributed by atoms with Crippen LogP contribution in [0.3, 0.4) is 0 Å². The first-order valence-electron chi connectivity index (χ1n) is 10.7. The molecule has 1 unspecified atom stereocenters. The number of nitrogens with one attached hydrogen (secondary N) is 2. The summed E-state index contributed by atoms with van der Waals surface area (Å²) in [5.41, 5.74) is -0.209. The van der Waals surface area contributed by atoms with Gasteiger partial charge in [0.2, 0.25) is 11.8 Å². The third-order valence-electron chi connectivity index (χ3n) is 5.68. The molecule has 1 fully saturated rings. The van der Waals surface area contributed by atoms with E-state index in [-0.39, 0.29) is 24.8 Å². The van der Waals surface area contributed by atoms with Crippen LogP contribution in [0.4, 0.5) is 11.4 Å². The SMILES string of the molecule is CC(OC(=O)C1(CC(=O)NC(C)(C)C)CCCC1)C(=O)N1CC(=O)Nc2ccccc21. The van der Waals surface area contributed by atoms with E-state index in [0.29, 0.717) is 24.2 Å². The summed E-state index contributed by atoms with van der Waals surface area (Å²) in [7, 11) is 0. The number of carbonyl (C=O) groups is 4. The van der Waals surface area contributed by atoms with Gasteiger partial charge in [-0.3, -0.25) is 24.1 Å². The van der Waals surface area contributed by atoms with Crippen LogP contribution in [-0.2, 0) is 23.9 Å². The highest BCUT2D eigenvalue weighted by molar-refractivity contribution is 6.11. The average Bonchev–Trinajstić information content (AvgIpc) is 3.14. The first-order chi connectivity index (χ1) is 14.5. The molecular formula is C23H31N3O5. The third-order valence-corrected chi connectivity index (χ3v) is 5.68.